The number of hydrogen-bond donors (Lipinski definition) is 3. The zero-order valence-corrected chi connectivity index (χ0v) is 11.2. The molecule has 5 heteroatoms. The monoisotopic (exact) mass is 256 g/mol. The van der Waals surface area contributed by atoms with Gasteiger partial charge in [-0.15, -0.1) is 0 Å². The van der Waals surface area contributed by atoms with Gasteiger partial charge >= 0.3 is 5.97 Å². The predicted molar refractivity (Wildman–Crippen MR) is 68.9 cm³/mol. The molecule has 0 aromatic carbocycles. The molecule has 0 aromatic rings. The second-order valence-electron chi connectivity index (χ2n) is 5.55. The van der Waals surface area contributed by atoms with E-state index in [9.17, 15) is 9.59 Å². The van der Waals surface area contributed by atoms with Crippen LogP contribution in [0.4, 0.5) is 0 Å². The van der Waals surface area contributed by atoms with Crippen LogP contribution in [0.25, 0.3) is 0 Å². The van der Waals surface area contributed by atoms with E-state index in [4.69, 9.17) is 10.8 Å². The fourth-order valence-corrected chi connectivity index (χ4v) is 2.61. The maximum Gasteiger partial charge on any atom is 0.308 e. The molecule has 0 radical (unpaired) electrons. The third-order valence-electron chi connectivity index (χ3n) is 3.57. The van der Waals surface area contributed by atoms with E-state index in [1.165, 1.54) is 0 Å². The topological polar surface area (TPSA) is 92.4 Å². The van der Waals surface area contributed by atoms with Crippen molar-refractivity contribution in [2.24, 2.45) is 23.5 Å². The first-order valence-electron chi connectivity index (χ1n) is 6.69. The summed E-state index contributed by atoms with van der Waals surface area (Å²) in [6, 6.07) is -0.226. The predicted octanol–water partition coefficient (Wildman–Crippen LogP) is 0.977. The molecule has 5 nitrogen and oxygen atoms in total. The van der Waals surface area contributed by atoms with Gasteiger partial charge in [0.1, 0.15) is 0 Å². The van der Waals surface area contributed by atoms with E-state index in [1.807, 2.05) is 13.8 Å². The summed E-state index contributed by atoms with van der Waals surface area (Å²) in [5, 5.41) is 11.9. The van der Waals surface area contributed by atoms with Gasteiger partial charge in [0.15, 0.2) is 0 Å². The number of aliphatic carboxylic acids is 1. The highest BCUT2D eigenvalue weighted by Gasteiger charge is 2.34. The van der Waals surface area contributed by atoms with Gasteiger partial charge in [-0.2, -0.15) is 0 Å². The van der Waals surface area contributed by atoms with Gasteiger partial charge in [0.2, 0.25) is 5.91 Å². The van der Waals surface area contributed by atoms with Crippen LogP contribution in [0.15, 0.2) is 0 Å². The Morgan fingerprint density at radius 2 is 2.06 bits per heavy atom. The minimum Gasteiger partial charge on any atom is -0.481 e. The first-order chi connectivity index (χ1) is 8.45. The normalized spacial score (nSPS) is 25.1. The molecule has 1 aliphatic rings. The molecule has 1 amide bonds. The van der Waals surface area contributed by atoms with Gasteiger partial charge in [-0.05, 0) is 25.2 Å². The molecule has 4 N–H and O–H groups in total. The number of nitrogens with two attached hydrogens (primary N) is 1. The largest absolute Gasteiger partial charge is 0.481 e. The van der Waals surface area contributed by atoms with E-state index in [0.717, 1.165) is 19.3 Å². The lowest BCUT2D eigenvalue weighted by Gasteiger charge is -2.22. The number of amides is 1. The van der Waals surface area contributed by atoms with Crippen LogP contribution in [0.1, 0.15) is 39.5 Å². The van der Waals surface area contributed by atoms with Crippen LogP contribution in [0, 0.1) is 17.8 Å². The van der Waals surface area contributed by atoms with Crippen molar-refractivity contribution >= 4 is 11.9 Å². The highest BCUT2D eigenvalue weighted by atomic mass is 16.4. The number of hydrogen-bond acceptors (Lipinski definition) is 3. The first-order valence-corrected chi connectivity index (χ1v) is 6.69. The Balaban J connectivity index is 2.54. The van der Waals surface area contributed by atoms with Crippen molar-refractivity contribution in [2.45, 2.75) is 45.6 Å². The highest BCUT2D eigenvalue weighted by Crippen LogP contribution is 2.26. The van der Waals surface area contributed by atoms with E-state index in [2.05, 4.69) is 5.32 Å². The third-order valence-corrected chi connectivity index (χ3v) is 3.57. The standard InChI is InChI=1S/C13H24N2O3/c1-8(2)6-9(7-14)12(16)15-11-5-3-4-10(11)13(17)18/h8-11H,3-7,14H2,1-2H3,(H,15,16)(H,17,18). The third kappa shape index (κ3) is 3.98. The van der Waals surface area contributed by atoms with Gasteiger partial charge < -0.3 is 16.2 Å². The molecular formula is C13H24N2O3. The van der Waals surface area contributed by atoms with E-state index in [0.29, 0.717) is 18.9 Å². The van der Waals surface area contributed by atoms with Crippen LogP contribution in [0.3, 0.4) is 0 Å². The van der Waals surface area contributed by atoms with Crippen molar-refractivity contribution in [1.29, 1.82) is 0 Å². The van der Waals surface area contributed by atoms with Crippen LogP contribution in [-0.2, 0) is 9.59 Å². The Morgan fingerprint density at radius 3 is 2.56 bits per heavy atom. The Kier molecular flexibility index (Phi) is 5.59. The maximum absolute atomic E-state index is 12.0. The molecule has 1 saturated carbocycles. The lowest BCUT2D eigenvalue weighted by molar-refractivity contribution is -0.142. The first kappa shape index (κ1) is 15.0. The molecule has 104 valence electrons. The van der Waals surface area contributed by atoms with Crippen molar-refractivity contribution in [1.82, 2.24) is 5.32 Å². The number of carboxylic acid groups (broad SMARTS) is 1. The summed E-state index contributed by atoms with van der Waals surface area (Å²) in [6.07, 6.45) is 3.01. The SMILES string of the molecule is CC(C)CC(CN)C(=O)NC1CCCC1C(=O)O. The lowest BCUT2D eigenvalue weighted by atomic mass is 9.95. The average molecular weight is 256 g/mol. The number of rotatable bonds is 6. The van der Waals surface area contributed by atoms with Gasteiger partial charge in [0.05, 0.1) is 11.8 Å². The second kappa shape index (κ2) is 6.73. The van der Waals surface area contributed by atoms with Crippen LogP contribution >= 0.6 is 0 Å². The quantitative estimate of drug-likeness (QED) is 0.660. The summed E-state index contributed by atoms with van der Waals surface area (Å²) < 4.78 is 0. The molecule has 0 saturated heterocycles. The van der Waals surface area contributed by atoms with Crippen LogP contribution < -0.4 is 11.1 Å². The molecule has 1 aliphatic carbocycles. The summed E-state index contributed by atoms with van der Waals surface area (Å²) in [7, 11) is 0. The summed E-state index contributed by atoms with van der Waals surface area (Å²) in [4.78, 5) is 23.1. The van der Waals surface area contributed by atoms with Gasteiger partial charge in [0, 0.05) is 12.6 Å². The van der Waals surface area contributed by atoms with E-state index >= 15 is 0 Å². The molecule has 1 fully saturated rings. The molecular weight excluding hydrogens is 232 g/mol. The van der Waals surface area contributed by atoms with E-state index < -0.39 is 11.9 Å². The smallest absolute Gasteiger partial charge is 0.308 e. The Bertz CT molecular complexity index is 305. The highest BCUT2D eigenvalue weighted by molar-refractivity contribution is 5.80. The number of nitrogens with one attached hydrogen (secondary N) is 1. The molecule has 0 aromatic heterocycles. The van der Waals surface area contributed by atoms with Crippen molar-refractivity contribution < 1.29 is 14.7 Å². The Morgan fingerprint density at radius 1 is 1.39 bits per heavy atom. The molecule has 3 unspecified atom stereocenters. The van der Waals surface area contributed by atoms with E-state index in [-0.39, 0.29) is 17.9 Å². The Hall–Kier alpha value is -1.10. The number of carbonyl (C=O) groups excluding carboxylic acids is 1. The van der Waals surface area contributed by atoms with E-state index in [1.54, 1.807) is 0 Å². The molecule has 18 heavy (non-hydrogen) atoms. The molecule has 0 spiro atoms. The molecule has 1 rings (SSSR count). The van der Waals surface area contributed by atoms with Crippen LogP contribution in [0.2, 0.25) is 0 Å². The van der Waals surface area contributed by atoms with Crippen LogP contribution in [-0.4, -0.2) is 29.6 Å². The van der Waals surface area contributed by atoms with Gasteiger partial charge in [-0.1, -0.05) is 20.3 Å². The summed E-state index contributed by atoms with van der Waals surface area (Å²) >= 11 is 0. The number of carbonyl (C=O) groups is 2. The van der Waals surface area contributed by atoms with Gasteiger partial charge in [-0.3, -0.25) is 9.59 Å². The van der Waals surface area contributed by atoms with Crippen molar-refractivity contribution in [3.05, 3.63) is 0 Å². The van der Waals surface area contributed by atoms with Crippen molar-refractivity contribution in [3.63, 3.8) is 0 Å². The Labute approximate surface area is 108 Å². The molecule has 0 aliphatic heterocycles. The minimum atomic E-state index is -0.814. The zero-order chi connectivity index (χ0) is 13.7. The van der Waals surface area contributed by atoms with Crippen molar-refractivity contribution in [2.75, 3.05) is 6.54 Å². The fourth-order valence-electron chi connectivity index (χ4n) is 2.61. The molecule has 0 heterocycles. The minimum absolute atomic E-state index is 0.0932. The molecule has 0 bridgehead atoms. The maximum atomic E-state index is 12.0. The average Bonchev–Trinajstić information content (AvgIpc) is 2.73. The summed E-state index contributed by atoms with van der Waals surface area (Å²) in [5.74, 6) is -1.15. The van der Waals surface area contributed by atoms with Crippen LogP contribution in [0.5, 0.6) is 0 Å². The van der Waals surface area contributed by atoms with Crippen molar-refractivity contribution in [3.8, 4) is 0 Å². The zero-order valence-electron chi connectivity index (χ0n) is 11.2. The second-order valence-corrected chi connectivity index (χ2v) is 5.55. The summed E-state index contributed by atoms with van der Waals surface area (Å²) in [6.45, 7) is 4.41. The summed E-state index contributed by atoms with van der Waals surface area (Å²) in [5.41, 5.74) is 5.61. The fraction of sp³-hybridized carbons (Fsp3) is 0.846. The molecule has 3 atom stereocenters. The van der Waals surface area contributed by atoms with Gasteiger partial charge in [0.25, 0.3) is 0 Å². The number of carboxylic acids is 1. The van der Waals surface area contributed by atoms with Gasteiger partial charge in [-0.25, -0.2) is 0 Å². The lowest BCUT2D eigenvalue weighted by Crippen LogP contribution is -2.44.